The van der Waals surface area contributed by atoms with Crippen LogP contribution in [0, 0.1) is 0 Å². The molecule has 0 radical (unpaired) electrons. The third-order valence-electron chi connectivity index (χ3n) is 5.25. The van der Waals surface area contributed by atoms with E-state index in [2.05, 4.69) is 15.9 Å². The van der Waals surface area contributed by atoms with Gasteiger partial charge in [0.05, 0.1) is 25.5 Å². The van der Waals surface area contributed by atoms with Crippen molar-refractivity contribution in [2.24, 2.45) is 0 Å². The van der Waals surface area contributed by atoms with Gasteiger partial charge in [-0.15, -0.1) is 0 Å². The number of hydrogen-bond donors (Lipinski definition) is 1. The number of aromatic hydroxyl groups is 1. The molecular formula is C20H29FN4O3. The number of alkyl halides is 1. The molecular weight excluding hydrogens is 363 g/mol. The third kappa shape index (κ3) is 4.67. The standard InChI is InChI=1S/C20H29FN4O3/c1-28-18-7-3-2-6-17(18)23-14-12-22(13-15-23)9-4-5-10-25-19(26)16-24(11-8-21)20(25)27/h2-3,6-7,16,26H,4-5,8-15H2,1H3. The fourth-order valence-electron chi connectivity index (χ4n) is 3.69. The molecule has 8 heteroatoms. The molecule has 1 aromatic carbocycles. The number of ether oxygens (including phenoxy) is 1. The second kappa shape index (κ2) is 9.64. The van der Waals surface area contributed by atoms with Crippen LogP contribution in [0.5, 0.6) is 11.6 Å². The number of rotatable bonds is 9. The van der Waals surface area contributed by atoms with Crippen molar-refractivity contribution in [3.05, 3.63) is 40.9 Å². The number of para-hydroxylation sites is 2. The number of hydrogen-bond acceptors (Lipinski definition) is 5. The largest absolute Gasteiger partial charge is 0.495 e. The first-order chi connectivity index (χ1) is 13.6. The maximum Gasteiger partial charge on any atom is 0.331 e. The van der Waals surface area contributed by atoms with Crippen molar-refractivity contribution in [3.63, 3.8) is 0 Å². The molecule has 0 amide bonds. The zero-order valence-corrected chi connectivity index (χ0v) is 16.4. The van der Waals surface area contributed by atoms with E-state index in [1.54, 1.807) is 7.11 Å². The van der Waals surface area contributed by atoms with E-state index in [0.29, 0.717) is 6.54 Å². The fraction of sp³-hybridized carbons (Fsp3) is 0.550. The van der Waals surface area contributed by atoms with Crippen LogP contribution < -0.4 is 15.3 Å². The van der Waals surface area contributed by atoms with Crippen LogP contribution in [0.15, 0.2) is 35.3 Å². The molecule has 0 unspecified atom stereocenters. The van der Waals surface area contributed by atoms with Crippen LogP contribution in [-0.2, 0) is 13.1 Å². The predicted molar refractivity (Wildman–Crippen MR) is 107 cm³/mol. The summed E-state index contributed by atoms with van der Waals surface area (Å²) in [5, 5.41) is 9.86. The minimum absolute atomic E-state index is 0.0180. The molecule has 3 rings (SSSR count). The summed E-state index contributed by atoms with van der Waals surface area (Å²) in [6.07, 6.45) is 3.04. The van der Waals surface area contributed by atoms with Crippen molar-refractivity contribution in [1.82, 2.24) is 14.0 Å². The molecule has 1 N–H and O–H groups in total. The van der Waals surface area contributed by atoms with E-state index in [9.17, 15) is 14.3 Å². The summed E-state index contributed by atoms with van der Waals surface area (Å²) in [7, 11) is 1.70. The van der Waals surface area contributed by atoms with Gasteiger partial charge in [0.1, 0.15) is 12.4 Å². The van der Waals surface area contributed by atoms with E-state index in [0.717, 1.165) is 57.0 Å². The Morgan fingerprint density at radius 3 is 2.50 bits per heavy atom. The molecule has 0 aliphatic carbocycles. The number of aryl methyl sites for hydroxylation is 1. The summed E-state index contributed by atoms with van der Waals surface area (Å²) in [5.41, 5.74) is 0.790. The minimum Gasteiger partial charge on any atom is -0.495 e. The predicted octanol–water partition coefficient (Wildman–Crippen LogP) is 1.94. The first-order valence-electron chi connectivity index (χ1n) is 9.79. The van der Waals surface area contributed by atoms with Gasteiger partial charge < -0.3 is 14.7 Å². The summed E-state index contributed by atoms with van der Waals surface area (Å²) in [4.78, 5) is 16.8. The number of imidazole rings is 1. The van der Waals surface area contributed by atoms with Crippen molar-refractivity contribution in [1.29, 1.82) is 0 Å². The van der Waals surface area contributed by atoms with Gasteiger partial charge in [0, 0.05) is 32.7 Å². The topological polar surface area (TPSA) is 62.9 Å². The van der Waals surface area contributed by atoms with Crippen molar-refractivity contribution in [3.8, 4) is 11.6 Å². The van der Waals surface area contributed by atoms with Gasteiger partial charge in [0.2, 0.25) is 5.88 Å². The quantitative estimate of drug-likeness (QED) is 0.661. The maximum absolute atomic E-state index is 12.4. The summed E-state index contributed by atoms with van der Waals surface area (Å²) in [6, 6.07) is 8.09. The van der Waals surface area contributed by atoms with Gasteiger partial charge >= 0.3 is 5.69 Å². The normalized spacial score (nSPS) is 15.1. The number of unbranched alkanes of at least 4 members (excludes halogenated alkanes) is 1. The average Bonchev–Trinajstić information content (AvgIpc) is 2.99. The molecule has 7 nitrogen and oxygen atoms in total. The average molecular weight is 392 g/mol. The zero-order valence-electron chi connectivity index (χ0n) is 16.4. The Hall–Kier alpha value is -2.48. The highest BCUT2D eigenvalue weighted by Gasteiger charge is 2.19. The van der Waals surface area contributed by atoms with E-state index in [1.165, 1.54) is 15.3 Å². The highest BCUT2D eigenvalue weighted by Crippen LogP contribution is 2.28. The lowest BCUT2D eigenvalue weighted by Crippen LogP contribution is -2.46. The Balaban J connectivity index is 1.42. The monoisotopic (exact) mass is 392 g/mol. The first kappa shape index (κ1) is 20.3. The van der Waals surface area contributed by atoms with Crippen LogP contribution in [0.3, 0.4) is 0 Å². The Kier molecular flexibility index (Phi) is 6.97. The highest BCUT2D eigenvalue weighted by molar-refractivity contribution is 5.58. The number of methoxy groups -OCH3 is 1. The Labute approximate surface area is 164 Å². The van der Waals surface area contributed by atoms with Crippen LogP contribution in [0.2, 0.25) is 0 Å². The van der Waals surface area contributed by atoms with Crippen LogP contribution in [0.4, 0.5) is 10.1 Å². The lowest BCUT2D eigenvalue weighted by atomic mass is 10.2. The lowest BCUT2D eigenvalue weighted by molar-refractivity contribution is 0.249. The summed E-state index contributed by atoms with van der Waals surface area (Å²) >= 11 is 0. The molecule has 28 heavy (non-hydrogen) atoms. The van der Waals surface area contributed by atoms with Crippen molar-refractivity contribution >= 4 is 5.69 Å². The highest BCUT2D eigenvalue weighted by atomic mass is 19.1. The number of benzene rings is 1. The molecule has 0 spiro atoms. The molecule has 1 aliphatic heterocycles. The molecule has 0 bridgehead atoms. The SMILES string of the molecule is COc1ccccc1N1CCN(CCCCn2c(O)cn(CCF)c2=O)CC1. The Morgan fingerprint density at radius 2 is 1.79 bits per heavy atom. The number of piperazine rings is 1. The third-order valence-corrected chi connectivity index (χ3v) is 5.25. The van der Waals surface area contributed by atoms with Gasteiger partial charge in [-0.2, -0.15) is 0 Å². The molecule has 2 aromatic rings. The summed E-state index contributed by atoms with van der Waals surface area (Å²) in [6.45, 7) is 4.64. The maximum atomic E-state index is 12.4. The summed E-state index contributed by atoms with van der Waals surface area (Å²) < 4.78 is 20.4. The van der Waals surface area contributed by atoms with Gasteiger partial charge in [-0.3, -0.25) is 14.0 Å². The molecule has 0 saturated carbocycles. The van der Waals surface area contributed by atoms with E-state index in [4.69, 9.17) is 4.74 Å². The zero-order chi connectivity index (χ0) is 19.9. The lowest BCUT2D eigenvalue weighted by Gasteiger charge is -2.36. The number of halogens is 1. The van der Waals surface area contributed by atoms with Crippen molar-refractivity contribution in [2.45, 2.75) is 25.9 Å². The van der Waals surface area contributed by atoms with E-state index < -0.39 is 6.67 Å². The second-order valence-electron chi connectivity index (χ2n) is 7.01. The van der Waals surface area contributed by atoms with Crippen molar-refractivity contribution < 1.29 is 14.2 Å². The minimum atomic E-state index is -0.621. The Morgan fingerprint density at radius 1 is 1.07 bits per heavy atom. The van der Waals surface area contributed by atoms with Gasteiger partial charge in [-0.25, -0.2) is 9.18 Å². The van der Waals surface area contributed by atoms with Gasteiger partial charge in [-0.1, -0.05) is 12.1 Å². The number of aromatic nitrogens is 2. The molecule has 1 aromatic heterocycles. The smallest absolute Gasteiger partial charge is 0.331 e. The van der Waals surface area contributed by atoms with Crippen LogP contribution >= 0.6 is 0 Å². The number of nitrogens with zero attached hydrogens (tertiary/aromatic N) is 4. The molecule has 2 heterocycles. The van der Waals surface area contributed by atoms with Crippen LogP contribution in [0.1, 0.15) is 12.8 Å². The van der Waals surface area contributed by atoms with Crippen LogP contribution in [0.25, 0.3) is 0 Å². The van der Waals surface area contributed by atoms with E-state index in [-0.39, 0.29) is 18.1 Å². The fourth-order valence-corrected chi connectivity index (χ4v) is 3.69. The van der Waals surface area contributed by atoms with E-state index in [1.807, 2.05) is 18.2 Å². The molecule has 0 atom stereocenters. The molecule has 1 saturated heterocycles. The summed E-state index contributed by atoms with van der Waals surface area (Å²) in [5.74, 6) is 0.810. The van der Waals surface area contributed by atoms with Crippen molar-refractivity contribution in [2.75, 3.05) is 51.4 Å². The molecule has 1 aliphatic rings. The first-order valence-corrected chi connectivity index (χ1v) is 9.79. The molecule has 1 fully saturated rings. The van der Waals surface area contributed by atoms with Gasteiger partial charge in [-0.05, 0) is 31.5 Å². The molecule has 154 valence electrons. The van der Waals surface area contributed by atoms with Gasteiger partial charge in [0.25, 0.3) is 0 Å². The van der Waals surface area contributed by atoms with Gasteiger partial charge in [0.15, 0.2) is 0 Å². The number of anilines is 1. The van der Waals surface area contributed by atoms with Crippen LogP contribution in [-0.4, -0.2) is 65.6 Å². The Bertz CT molecular complexity index is 812. The van der Waals surface area contributed by atoms with E-state index >= 15 is 0 Å². The second-order valence-corrected chi connectivity index (χ2v) is 7.01.